The van der Waals surface area contributed by atoms with Crippen LogP contribution in [-0.4, -0.2) is 11.8 Å². The molecule has 9 heteroatoms. The van der Waals surface area contributed by atoms with Crippen LogP contribution < -0.4 is 10.6 Å². The third-order valence-corrected chi connectivity index (χ3v) is 6.65. The van der Waals surface area contributed by atoms with Gasteiger partial charge in [-0.25, -0.2) is 17.6 Å². The fraction of sp³-hybridized carbons (Fsp3) is 0.0714. The highest BCUT2D eigenvalue weighted by molar-refractivity contribution is 8.00. The van der Waals surface area contributed by atoms with E-state index in [1.165, 1.54) is 0 Å². The van der Waals surface area contributed by atoms with Crippen molar-refractivity contribution in [2.45, 2.75) is 17.1 Å². The van der Waals surface area contributed by atoms with Gasteiger partial charge in [0.1, 0.15) is 10.9 Å². The summed E-state index contributed by atoms with van der Waals surface area (Å²) in [6.07, 6.45) is 0. The summed E-state index contributed by atoms with van der Waals surface area (Å²) in [6.45, 7) is 1.92. The van der Waals surface area contributed by atoms with Crippen LogP contribution in [0, 0.1) is 30.2 Å². The number of nitrogens with one attached hydrogen (secondary N) is 2. The van der Waals surface area contributed by atoms with Gasteiger partial charge in [-0.3, -0.25) is 9.59 Å². The van der Waals surface area contributed by atoms with Gasteiger partial charge in [0.2, 0.25) is 5.91 Å². The van der Waals surface area contributed by atoms with Gasteiger partial charge in [-0.05, 0) is 48.9 Å². The van der Waals surface area contributed by atoms with Crippen LogP contribution in [0.1, 0.15) is 26.7 Å². The zero-order chi connectivity index (χ0) is 26.5. The second-order valence-electron chi connectivity index (χ2n) is 8.09. The number of hydrogen-bond acceptors (Lipinski definition) is 3. The molecule has 0 aliphatic heterocycles. The Balaban J connectivity index is 1.54. The number of carbonyl (C=O) groups is 2. The van der Waals surface area contributed by atoms with Crippen LogP contribution in [0.2, 0.25) is 0 Å². The van der Waals surface area contributed by atoms with E-state index in [1.807, 2.05) is 24.4 Å². The molecule has 0 saturated carbocycles. The molecule has 4 aromatic rings. The molecule has 0 aliphatic carbocycles. The summed E-state index contributed by atoms with van der Waals surface area (Å²) in [6, 6.07) is 22.2. The van der Waals surface area contributed by atoms with Gasteiger partial charge in [0.25, 0.3) is 5.91 Å². The fourth-order valence-electron chi connectivity index (χ4n) is 3.43. The van der Waals surface area contributed by atoms with Gasteiger partial charge in [-0.2, -0.15) is 0 Å². The molecule has 0 radical (unpaired) electrons. The number of amides is 2. The number of thioether (sulfide) groups is 1. The van der Waals surface area contributed by atoms with Crippen molar-refractivity contribution in [3.8, 4) is 0 Å². The molecule has 0 aromatic heterocycles. The Morgan fingerprint density at radius 3 is 1.95 bits per heavy atom. The molecule has 0 heterocycles. The molecular formula is C28H20F4N2O2S. The highest BCUT2D eigenvalue weighted by atomic mass is 32.2. The van der Waals surface area contributed by atoms with Gasteiger partial charge < -0.3 is 10.6 Å². The predicted octanol–water partition coefficient (Wildman–Crippen LogP) is 7.28. The lowest BCUT2D eigenvalue weighted by atomic mass is 10.1. The normalized spacial score (nSPS) is 11.6. The smallest absolute Gasteiger partial charge is 0.255 e. The molecule has 37 heavy (non-hydrogen) atoms. The number of halogens is 4. The molecule has 1 unspecified atom stereocenters. The fourth-order valence-corrected chi connectivity index (χ4v) is 4.46. The van der Waals surface area contributed by atoms with Gasteiger partial charge >= 0.3 is 0 Å². The third-order valence-electron chi connectivity index (χ3n) is 5.38. The summed E-state index contributed by atoms with van der Waals surface area (Å²) in [5, 5.41) is 3.76. The van der Waals surface area contributed by atoms with Crippen molar-refractivity contribution in [3.05, 3.63) is 125 Å². The molecule has 4 nitrogen and oxygen atoms in total. The largest absolute Gasteiger partial charge is 0.322 e. The van der Waals surface area contributed by atoms with E-state index in [9.17, 15) is 27.2 Å². The monoisotopic (exact) mass is 524 g/mol. The zero-order valence-electron chi connectivity index (χ0n) is 19.4. The number of aryl methyl sites for hydroxylation is 1. The molecule has 4 aromatic carbocycles. The van der Waals surface area contributed by atoms with Crippen molar-refractivity contribution in [1.82, 2.24) is 0 Å². The first kappa shape index (κ1) is 26.0. The lowest BCUT2D eigenvalue weighted by Crippen LogP contribution is -2.21. The van der Waals surface area contributed by atoms with E-state index in [0.717, 1.165) is 17.3 Å². The van der Waals surface area contributed by atoms with E-state index in [1.54, 1.807) is 66.7 Å². The minimum atomic E-state index is -1.70. The van der Waals surface area contributed by atoms with E-state index in [2.05, 4.69) is 5.32 Å². The topological polar surface area (TPSA) is 58.2 Å². The van der Waals surface area contributed by atoms with Crippen molar-refractivity contribution in [2.75, 3.05) is 10.6 Å². The van der Waals surface area contributed by atoms with Gasteiger partial charge in [-0.15, -0.1) is 11.8 Å². The minimum absolute atomic E-state index is 0.0723. The quantitative estimate of drug-likeness (QED) is 0.152. The highest BCUT2D eigenvalue weighted by Crippen LogP contribution is 2.37. The number of rotatable bonds is 7. The van der Waals surface area contributed by atoms with E-state index < -0.39 is 40.1 Å². The average Bonchev–Trinajstić information content (AvgIpc) is 2.90. The van der Waals surface area contributed by atoms with Crippen molar-refractivity contribution >= 4 is 35.0 Å². The number of carbonyl (C=O) groups excluding carboxylic acids is 2. The summed E-state index contributed by atoms with van der Waals surface area (Å²) < 4.78 is 55.6. The Hall–Kier alpha value is -4.11. The summed E-state index contributed by atoms with van der Waals surface area (Å²) in [4.78, 5) is 26.1. The van der Waals surface area contributed by atoms with Crippen LogP contribution in [-0.2, 0) is 4.79 Å². The summed E-state index contributed by atoms with van der Waals surface area (Å²) >= 11 is 1.06. The SMILES string of the molecule is Cc1ccc(C(=O)Nc2ccc(SC(C(=O)Nc3c(F)c(F)cc(F)c3F)c3ccccc3)cc2)cc1. The maximum absolute atomic E-state index is 14.1. The molecule has 0 bridgehead atoms. The average molecular weight is 525 g/mol. The molecule has 0 spiro atoms. The second kappa shape index (κ2) is 11.3. The third kappa shape index (κ3) is 6.18. The number of anilines is 2. The first-order chi connectivity index (χ1) is 17.7. The Morgan fingerprint density at radius 2 is 1.35 bits per heavy atom. The Morgan fingerprint density at radius 1 is 0.757 bits per heavy atom. The van der Waals surface area contributed by atoms with E-state index in [-0.39, 0.29) is 12.0 Å². The van der Waals surface area contributed by atoms with Crippen molar-refractivity contribution in [2.24, 2.45) is 0 Å². The molecule has 0 aliphatic rings. The van der Waals surface area contributed by atoms with Gasteiger partial charge in [0.15, 0.2) is 23.3 Å². The maximum Gasteiger partial charge on any atom is 0.255 e. The lowest BCUT2D eigenvalue weighted by Gasteiger charge is -2.18. The van der Waals surface area contributed by atoms with Gasteiger partial charge in [0.05, 0.1) is 0 Å². The molecule has 0 saturated heterocycles. The molecular weight excluding hydrogens is 504 g/mol. The Bertz CT molecular complexity index is 1400. The summed E-state index contributed by atoms with van der Waals surface area (Å²) in [5.41, 5.74) is 1.36. The summed E-state index contributed by atoms with van der Waals surface area (Å²) in [5.74, 6) is -7.80. The minimum Gasteiger partial charge on any atom is -0.322 e. The predicted molar refractivity (Wildman–Crippen MR) is 136 cm³/mol. The van der Waals surface area contributed by atoms with Crippen LogP contribution in [0.3, 0.4) is 0 Å². The molecule has 188 valence electrons. The van der Waals surface area contributed by atoms with Crippen molar-refractivity contribution < 1.29 is 27.2 Å². The zero-order valence-corrected chi connectivity index (χ0v) is 20.2. The molecule has 1 atom stereocenters. The summed E-state index contributed by atoms with van der Waals surface area (Å²) in [7, 11) is 0. The van der Waals surface area contributed by atoms with E-state index in [4.69, 9.17) is 0 Å². The first-order valence-corrected chi connectivity index (χ1v) is 11.9. The van der Waals surface area contributed by atoms with E-state index in [0.29, 0.717) is 21.7 Å². The lowest BCUT2D eigenvalue weighted by molar-refractivity contribution is -0.115. The van der Waals surface area contributed by atoms with Gasteiger partial charge in [0, 0.05) is 22.2 Å². The maximum atomic E-state index is 14.1. The van der Waals surface area contributed by atoms with Crippen molar-refractivity contribution in [3.63, 3.8) is 0 Å². The molecule has 2 N–H and O–H groups in total. The van der Waals surface area contributed by atoms with Gasteiger partial charge in [-0.1, -0.05) is 48.0 Å². The number of hydrogen-bond donors (Lipinski definition) is 2. The highest BCUT2D eigenvalue weighted by Gasteiger charge is 2.27. The second-order valence-corrected chi connectivity index (χ2v) is 9.26. The number of benzene rings is 4. The van der Waals surface area contributed by atoms with Crippen LogP contribution >= 0.6 is 11.8 Å². The van der Waals surface area contributed by atoms with Crippen LogP contribution in [0.25, 0.3) is 0 Å². The molecule has 0 fully saturated rings. The van der Waals surface area contributed by atoms with Crippen LogP contribution in [0.15, 0.2) is 89.8 Å². The van der Waals surface area contributed by atoms with Crippen LogP contribution in [0.5, 0.6) is 0 Å². The molecule has 4 rings (SSSR count). The Kier molecular flexibility index (Phi) is 7.93. The first-order valence-electron chi connectivity index (χ1n) is 11.1. The van der Waals surface area contributed by atoms with Crippen LogP contribution in [0.4, 0.5) is 28.9 Å². The van der Waals surface area contributed by atoms with Crippen molar-refractivity contribution in [1.29, 1.82) is 0 Å². The standard InChI is InChI=1S/C28H20F4N2O2S/c1-16-7-9-18(10-8-16)27(35)33-19-11-13-20(14-12-19)37-26(17-5-3-2-4-6-17)28(36)34-25-23(31)21(29)15-22(30)24(25)32/h2-15,26H,1H3,(H,33,35)(H,34,36). The molecule has 2 amide bonds. The Labute approximate surface area is 214 Å². The van der Waals surface area contributed by atoms with E-state index >= 15 is 0 Å².